The molecule has 0 bridgehead atoms. The van der Waals surface area contributed by atoms with Crippen molar-refractivity contribution >= 4 is 34.1 Å². The number of carbonyl (C=O) groups is 1. The number of benzene rings is 2. The molecule has 182 valence electrons. The first-order chi connectivity index (χ1) is 16.3. The Morgan fingerprint density at radius 3 is 2.71 bits per heavy atom. The molecule has 1 aliphatic rings. The number of aromatic amines is 1. The summed E-state index contributed by atoms with van der Waals surface area (Å²) in [4.78, 5) is 21.0. The Morgan fingerprint density at radius 2 is 1.91 bits per heavy atom. The molecule has 34 heavy (non-hydrogen) atoms. The maximum atomic E-state index is 13.6. The smallest absolute Gasteiger partial charge is 0.227 e. The molecular weight excluding hydrogens is 450 g/mol. The summed E-state index contributed by atoms with van der Waals surface area (Å²) in [5, 5.41) is 1.68. The zero-order valence-corrected chi connectivity index (χ0v) is 21.2. The molecule has 1 atom stereocenters. The molecule has 0 radical (unpaired) electrons. The number of hydrogen-bond acceptors (Lipinski definition) is 4. The zero-order valence-electron chi connectivity index (χ0n) is 20.4. The number of H-pyrrole nitrogens is 1. The number of fused-ring (bicyclic) bond motifs is 2. The van der Waals surface area contributed by atoms with Crippen molar-refractivity contribution in [3.63, 3.8) is 0 Å². The van der Waals surface area contributed by atoms with Crippen molar-refractivity contribution in [3.05, 3.63) is 53.2 Å². The van der Waals surface area contributed by atoms with Crippen molar-refractivity contribution in [2.75, 3.05) is 38.3 Å². The van der Waals surface area contributed by atoms with Gasteiger partial charge in [0.1, 0.15) is 0 Å². The van der Waals surface area contributed by atoms with Gasteiger partial charge in [-0.25, -0.2) is 0 Å². The van der Waals surface area contributed by atoms with Gasteiger partial charge in [0.2, 0.25) is 5.91 Å². The monoisotopic (exact) mass is 483 g/mol. The van der Waals surface area contributed by atoms with E-state index in [4.69, 9.17) is 21.1 Å². The van der Waals surface area contributed by atoms with Gasteiger partial charge in [-0.1, -0.05) is 38.4 Å². The van der Waals surface area contributed by atoms with Crippen LogP contribution in [0.25, 0.3) is 10.9 Å². The average Bonchev–Trinajstić information content (AvgIpc) is 3.15. The van der Waals surface area contributed by atoms with Crippen LogP contribution in [-0.4, -0.2) is 49.1 Å². The van der Waals surface area contributed by atoms with E-state index in [2.05, 4.69) is 41.9 Å². The van der Waals surface area contributed by atoms with E-state index in [1.807, 2.05) is 43.3 Å². The van der Waals surface area contributed by atoms with Crippen LogP contribution in [0.3, 0.4) is 0 Å². The van der Waals surface area contributed by atoms with Crippen LogP contribution in [0.15, 0.2) is 42.6 Å². The van der Waals surface area contributed by atoms with Gasteiger partial charge in [-0.2, -0.15) is 0 Å². The van der Waals surface area contributed by atoms with Crippen LogP contribution < -0.4 is 14.4 Å². The quantitative estimate of drug-likeness (QED) is 0.444. The lowest BCUT2D eigenvalue weighted by Gasteiger charge is -2.30. The van der Waals surface area contributed by atoms with Gasteiger partial charge in [-0.3, -0.25) is 4.79 Å². The molecule has 6 nitrogen and oxygen atoms in total. The van der Waals surface area contributed by atoms with Crippen molar-refractivity contribution < 1.29 is 14.3 Å². The predicted molar refractivity (Wildman–Crippen MR) is 138 cm³/mol. The predicted octanol–water partition coefficient (Wildman–Crippen LogP) is 5.74. The molecule has 0 fully saturated rings. The fraction of sp³-hybridized carbons (Fsp3) is 0.444. The summed E-state index contributed by atoms with van der Waals surface area (Å²) in [6.07, 6.45) is 2.77. The van der Waals surface area contributed by atoms with Crippen molar-refractivity contribution in [2.45, 2.75) is 33.7 Å². The first-order valence-electron chi connectivity index (χ1n) is 12.0. The van der Waals surface area contributed by atoms with Gasteiger partial charge in [0, 0.05) is 55.9 Å². The summed E-state index contributed by atoms with van der Waals surface area (Å²) < 4.78 is 11.6. The average molecular weight is 484 g/mol. The molecule has 2 heterocycles. The van der Waals surface area contributed by atoms with Crippen LogP contribution in [0.2, 0.25) is 5.02 Å². The summed E-state index contributed by atoms with van der Waals surface area (Å²) in [5.74, 6) is 1.56. The Hall–Kier alpha value is -2.86. The molecule has 0 saturated heterocycles. The lowest BCUT2D eigenvalue weighted by Crippen LogP contribution is -2.41. The second-order valence-corrected chi connectivity index (χ2v) is 9.97. The molecule has 0 spiro atoms. The van der Waals surface area contributed by atoms with E-state index < -0.39 is 0 Å². The zero-order chi connectivity index (χ0) is 24.2. The number of halogens is 1. The highest BCUT2D eigenvalue weighted by atomic mass is 35.5. The summed E-state index contributed by atoms with van der Waals surface area (Å²) in [5.41, 5.74) is 3.15. The minimum absolute atomic E-state index is 0.130. The van der Waals surface area contributed by atoms with Gasteiger partial charge < -0.3 is 24.3 Å². The van der Waals surface area contributed by atoms with Gasteiger partial charge >= 0.3 is 0 Å². The number of amides is 1. The van der Waals surface area contributed by atoms with Crippen molar-refractivity contribution in [3.8, 4) is 11.5 Å². The Labute approximate surface area is 206 Å². The van der Waals surface area contributed by atoms with Crippen LogP contribution in [0.1, 0.15) is 32.8 Å². The lowest BCUT2D eigenvalue weighted by atomic mass is 10.1. The molecule has 1 N–H and O–H groups in total. The Balaban J connectivity index is 1.50. The highest BCUT2D eigenvalue weighted by Gasteiger charge is 2.25. The third-order valence-corrected chi connectivity index (χ3v) is 6.37. The van der Waals surface area contributed by atoms with E-state index in [1.54, 1.807) is 0 Å². The van der Waals surface area contributed by atoms with E-state index in [-0.39, 0.29) is 11.8 Å². The molecular formula is C27H34ClN3O3. The first kappa shape index (κ1) is 24.3. The third kappa shape index (κ3) is 5.44. The first-order valence-corrected chi connectivity index (χ1v) is 12.3. The van der Waals surface area contributed by atoms with Crippen molar-refractivity contribution in [2.24, 2.45) is 11.8 Å². The van der Waals surface area contributed by atoms with E-state index >= 15 is 0 Å². The standard InChI is InChI=1S/C27H34ClN3O3/c1-18(2)15-31(17-20-13-22(28)26-25(14-20)33-11-6-12-34-26)27(32)19(3)16-30(4)24-8-5-7-23-21(24)9-10-29-23/h5,7-10,13-14,18-19,29H,6,11-12,15-17H2,1-4H3. The van der Waals surface area contributed by atoms with Crippen molar-refractivity contribution in [1.82, 2.24) is 9.88 Å². The number of anilines is 1. The SMILES string of the molecule is CC(C)CN(Cc1cc(Cl)c2c(c1)OCCCO2)C(=O)C(C)CN(C)c1cccc2[nH]ccc12. The van der Waals surface area contributed by atoms with Crippen LogP contribution in [0.5, 0.6) is 11.5 Å². The normalized spacial score (nSPS) is 14.2. The summed E-state index contributed by atoms with van der Waals surface area (Å²) in [7, 11) is 2.04. The largest absolute Gasteiger partial charge is 0.489 e. The molecule has 4 rings (SSSR count). The van der Waals surface area contributed by atoms with Gasteiger partial charge in [0.15, 0.2) is 11.5 Å². The highest BCUT2D eigenvalue weighted by molar-refractivity contribution is 6.32. The number of aromatic nitrogens is 1. The lowest BCUT2D eigenvalue weighted by molar-refractivity contribution is -0.135. The number of rotatable bonds is 8. The summed E-state index contributed by atoms with van der Waals surface area (Å²) in [6, 6.07) is 12.1. The fourth-order valence-electron chi connectivity index (χ4n) is 4.57. The summed E-state index contributed by atoms with van der Waals surface area (Å²) >= 11 is 6.51. The topological polar surface area (TPSA) is 57.8 Å². The fourth-order valence-corrected chi connectivity index (χ4v) is 4.86. The molecule has 1 amide bonds. The molecule has 1 aliphatic heterocycles. The Kier molecular flexibility index (Phi) is 7.57. The molecule has 3 aromatic rings. The van der Waals surface area contributed by atoms with Crippen LogP contribution in [0, 0.1) is 11.8 Å². The minimum atomic E-state index is -0.172. The number of hydrogen-bond donors (Lipinski definition) is 1. The van der Waals surface area contributed by atoms with E-state index in [9.17, 15) is 4.79 Å². The van der Waals surface area contributed by atoms with Crippen LogP contribution in [-0.2, 0) is 11.3 Å². The van der Waals surface area contributed by atoms with Gasteiger partial charge in [0.25, 0.3) is 0 Å². The Morgan fingerprint density at radius 1 is 1.12 bits per heavy atom. The molecule has 2 aromatic carbocycles. The second-order valence-electron chi connectivity index (χ2n) is 9.57. The van der Waals surface area contributed by atoms with Crippen LogP contribution >= 0.6 is 11.6 Å². The number of carbonyl (C=O) groups excluding carboxylic acids is 1. The van der Waals surface area contributed by atoms with E-state index in [1.165, 1.54) is 0 Å². The number of ether oxygens (including phenoxy) is 2. The highest BCUT2D eigenvalue weighted by Crippen LogP contribution is 2.38. The van der Waals surface area contributed by atoms with Crippen molar-refractivity contribution in [1.29, 1.82) is 0 Å². The third-order valence-electron chi connectivity index (χ3n) is 6.09. The molecule has 0 saturated carbocycles. The van der Waals surface area contributed by atoms with Crippen LogP contribution in [0.4, 0.5) is 5.69 Å². The second kappa shape index (κ2) is 10.6. The number of nitrogens with one attached hydrogen (secondary N) is 1. The molecule has 1 unspecified atom stereocenters. The minimum Gasteiger partial charge on any atom is -0.489 e. The van der Waals surface area contributed by atoms with Gasteiger partial charge in [-0.05, 0) is 41.8 Å². The molecule has 7 heteroatoms. The van der Waals surface area contributed by atoms with E-state index in [0.717, 1.165) is 28.6 Å². The molecule has 1 aromatic heterocycles. The molecule has 0 aliphatic carbocycles. The Bertz CT molecular complexity index is 1140. The maximum absolute atomic E-state index is 13.6. The van der Waals surface area contributed by atoms with E-state index in [0.29, 0.717) is 55.3 Å². The maximum Gasteiger partial charge on any atom is 0.227 e. The number of nitrogens with zero attached hydrogens (tertiary/aromatic N) is 2. The van der Waals surface area contributed by atoms with Gasteiger partial charge in [-0.15, -0.1) is 0 Å². The summed E-state index contributed by atoms with van der Waals surface area (Å²) in [6.45, 7) is 9.23. The van der Waals surface area contributed by atoms with Gasteiger partial charge in [0.05, 0.1) is 24.2 Å².